The van der Waals surface area contributed by atoms with Gasteiger partial charge in [0, 0.05) is 31.8 Å². The number of amides is 1. The fourth-order valence-corrected chi connectivity index (χ4v) is 2.45. The zero-order valence-electron chi connectivity index (χ0n) is 11.5. The summed E-state index contributed by atoms with van der Waals surface area (Å²) in [4.78, 5) is 24.3. The van der Waals surface area contributed by atoms with Gasteiger partial charge in [-0.15, -0.1) is 0 Å². The van der Waals surface area contributed by atoms with Crippen molar-refractivity contribution in [3.05, 3.63) is 39.9 Å². The molecule has 0 spiro atoms. The Hall–Kier alpha value is -1.95. The lowest BCUT2D eigenvalue weighted by molar-refractivity contribution is -0.384. The second-order valence-corrected chi connectivity index (χ2v) is 5.11. The van der Waals surface area contributed by atoms with E-state index in [1.807, 2.05) is 0 Å². The lowest BCUT2D eigenvalue weighted by Crippen LogP contribution is -2.47. The van der Waals surface area contributed by atoms with Gasteiger partial charge in [-0.25, -0.2) is 0 Å². The van der Waals surface area contributed by atoms with E-state index in [2.05, 4.69) is 5.32 Å². The fraction of sp³-hybridized carbons (Fsp3) is 0.500. The van der Waals surface area contributed by atoms with Crippen molar-refractivity contribution >= 4 is 11.6 Å². The molecule has 1 saturated heterocycles. The van der Waals surface area contributed by atoms with Crippen LogP contribution in [0.5, 0.6) is 0 Å². The Balaban J connectivity index is 1.99. The summed E-state index contributed by atoms with van der Waals surface area (Å²) in [5.74, 6) is -0.000743. The van der Waals surface area contributed by atoms with Crippen molar-refractivity contribution in [1.29, 1.82) is 0 Å². The number of nitrogens with zero attached hydrogens (tertiary/aromatic N) is 2. The van der Waals surface area contributed by atoms with Crippen molar-refractivity contribution in [3.8, 4) is 0 Å². The molecule has 0 aromatic heterocycles. The van der Waals surface area contributed by atoms with Crippen LogP contribution in [0.4, 0.5) is 5.69 Å². The Morgan fingerprint density at radius 2 is 2.35 bits per heavy atom. The van der Waals surface area contributed by atoms with Crippen molar-refractivity contribution in [2.75, 3.05) is 20.1 Å². The van der Waals surface area contributed by atoms with Gasteiger partial charge in [-0.2, -0.15) is 0 Å². The first-order chi connectivity index (χ1) is 9.58. The molecule has 6 heteroatoms. The van der Waals surface area contributed by atoms with Gasteiger partial charge in [-0.3, -0.25) is 14.9 Å². The summed E-state index contributed by atoms with van der Waals surface area (Å²) in [6.07, 6.45) is 2.28. The highest BCUT2D eigenvalue weighted by atomic mass is 16.6. The van der Waals surface area contributed by atoms with E-state index in [1.165, 1.54) is 12.1 Å². The van der Waals surface area contributed by atoms with Crippen molar-refractivity contribution in [1.82, 2.24) is 10.2 Å². The smallest absolute Gasteiger partial charge is 0.269 e. The molecule has 108 valence electrons. The average Bonchev–Trinajstić information content (AvgIpc) is 2.47. The maximum atomic E-state index is 12.2. The Labute approximate surface area is 117 Å². The summed E-state index contributed by atoms with van der Waals surface area (Å²) in [5.41, 5.74) is 0.706. The van der Waals surface area contributed by atoms with Crippen LogP contribution in [-0.4, -0.2) is 41.9 Å². The molecule has 2 rings (SSSR count). The van der Waals surface area contributed by atoms with Crippen molar-refractivity contribution < 1.29 is 9.72 Å². The number of nitrogens with one attached hydrogen (secondary N) is 1. The molecule has 1 N–H and O–H groups in total. The van der Waals surface area contributed by atoms with E-state index in [0.717, 1.165) is 25.9 Å². The summed E-state index contributed by atoms with van der Waals surface area (Å²) in [6.45, 7) is 1.82. The maximum Gasteiger partial charge on any atom is 0.269 e. The van der Waals surface area contributed by atoms with Gasteiger partial charge in [0.15, 0.2) is 0 Å². The van der Waals surface area contributed by atoms with Gasteiger partial charge in [-0.1, -0.05) is 12.1 Å². The number of hydrogen-bond donors (Lipinski definition) is 1. The molecule has 0 radical (unpaired) electrons. The molecule has 0 saturated carbocycles. The minimum absolute atomic E-state index is 0.000743. The zero-order valence-corrected chi connectivity index (χ0v) is 11.5. The first-order valence-electron chi connectivity index (χ1n) is 6.77. The number of non-ortho nitro benzene ring substituents is 1. The third kappa shape index (κ3) is 3.54. The van der Waals surface area contributed by atoms with Gasteiger partial charge >= 0.3 is 0 Å². The van der Waals surface area contributed by atoms with Crippen molar-refractivity contribution in [3.63, 3.8) is 0 Å². The Morgan fingerprint density at radius 3 is 3.00 bits per heavy atom. The quantitative estimate of drug-likeness (QED) is 0.666. The van der Waals surface area contributed by atoms with Gasteiger partial charge < -0.3 is 10.2 Å². The molecule has 1 aliphatic rings. The molecule has 1 aromatic carbocycles. The predicted octanol–water partition coefficient (Wildman–Crippen LogP) is 1.35. The van der Waals surface area contributed by atoms with E-state index in [0.29, 0.717) is 5.56 Å². The van der Waals surface area contributed by atoms with Crippen molar-refractivity contribution in [2.24, 2.45) is 0 Å². The molecule has 1 amide bonds. The molecule has 1 aromatic rings. The molecular formula is C14H19N3O3. The second kappa shape index (κ2) is 6.47. The number of benzene rings is 1. The maximum absolute atomic E-state index is 12.2. The van der Waals surface area contributed by atoms with Gasteiger partial charge in [0.1, 0.15) is 0 Å². The number of carbonyl (C=O) groups is 1. The highest BCUT2D eigenvalue weighted by Crippen LogP contribution is 2.15. The van der Waals surface area contributed by atoms with Crippen LogP contribution < -0.4 is 5.32 Å². The van der Waals surface area contributed by atoms with Crippen molar-refractivity contribution in [2.45, 2.75) is 25.3 Å². The molecule has 1 unspecified atom stereocenters. The zero-order chi connectivity index (χ0) is 14.5. The Bertz CT molecular complexity index is 498. The van der Waals surface area contributed by atoms with E-state index < -0.39 is 4.92 Å². The molecular weight excluding hydrogens is 258 g/mol. The van der Waals surface area contributed by atoms with Gasteiger partial charge in [0.25, 0.3) is 5.69 Å². The number of rotatable bonds is 4. The SMILES string of the molecule is CN(C(=O)Cc1cccc([N+](=O)[O-])c1)C1CCCNC1. The summed E-state index contributed by atoms with van der Waals surface area (Å²) in [5, 5.41) is 14.0. The molecule has 20 heavy (non-hydrogen) atoms. The topological polar surface area (TPSA) is 75.5 Å². The van der Waals surface area contributed by atoms with Gasteiger partial charge in [-0.05, 0) is 24.9 Å². The first kappa shape index (κ1) is 14.5. The first-order valence-corrected chi connectivity index (χ1v) is 6.77. The average molecular weight is 277 g/mol. The fourth-order valence-electron chi connectivity index (χ4n) is 2.45. The van der Waals surface area contributed by atoms with Crippen LogP contribution in [0.2, 0.25) is 0 Å². The summed E-state index contributed by atoms with van der Waals surface area (Å²) in [6, 6.07) is 6.48. The highest BCUT2D eigenvalue weighted by molar-refractivity contribution is 5.79. The third-order valence-electron chi connectivity index (χ3n) is 3.69. The molecule has 0 bridgehead atoms. The molecule has 1 aliphatic heterocycles. The molecule has 1 fully saturated rings. The highest BCUT2D eigenvalue weighted by Gasteiger charge is 2.22. The van der Waals surface area contributed by atoms with E-state index in [4.69, 9.17) is 0 Å². The lowest BCUT2D eigenvalue weighted by atomic mass is 10.0. The van der Waals surface area contributed by atoms with E-state index in [-0.39, 0.29) is 24.1 Å². The predicted molar refractivity (Wildman–Crippen MR) is 75.5 cm³/mol. The number of hydrogen-bond acceptors (Lipinski definition) is 4. The minimum Gasteiger partial charge on any atom is -0.341 e. The molecule has 6 nitrogen and oxygen atoms in total. The summed E-state index contributed by atoms with van der Waals surface area (Å²) in [7, 11) is 1.80. The molecule has 1 heterocycles. The second-order valence-electron chi connectivity index (χ2n) is 5.11. The molecule has 1 atom stereocenters. The van der Waals surface area contributed by atoms with E-state index >= 15 is 0 Å². The van der Waals surface area contributed by atoms with E-state index in [1.54, 1.807) is 24.1 Å². The van der Waals surface area contributed by atoms with Gasteiger partial charge in [0.2, 0.25) is 5.91 Å². The van der Waals surface area contributed by atoms with Crippen LogP contribution in [-0.2, 0) is 11.2 Å². The molecule has 0 aliphatic carbocycles. The van der Waals surface area contributed by atoms with Crippen LogP contribution in [0, 0.1) is 10.1 Å². The van der Waals surface area contributed by atoms with Crippen LogP contribution in [0.1, 0.15) is 18.4 Å². The monoisotopic (exact) mass is 277 g/mol. The van der Waals surface area contributed by atoms with E-state index in [9.17, 15) is 14.9 Å². The summed E-state index contributed by atoms with van der Waals surface area (Å²) < 4.78 is 0. The van der Waals surface area contributed by atoms with Crippen LogP contribution in [0.25, 0.3) is 0 Å². The summed E-state index contributed by atoms with van der Waals surface area (Å²) >= 11 is 0. The van der Waals surface area contributed by atoms with Crippen LogP contribution in [0.15, 0.2) is 24.3 Å². The Morgan fingerprint density at radius 1 is 1.55 bits per heavy atom. The number of carbonyl (C=O) groups excluding carboxylic acids is 1. The minimum atomic E-state index is -0.442. The number of nitro benzene ring substituents is 1. The van der Waals surface area contributed by atoms with Crippen LogP contribution in [0.3, 0.4) is 0 Å². The van der Waals surface area contributed by atoms with Crippen LogP contribution >= 0.6 is 0 Å². The number of nitro groups is 1. The lowest BCUT2D eigenvalue weighted by Gasteiger charge is -2.31. The Kier molecular flexibility index (Phi) is 4.68. The number of likely N-dealkylation sites (N-methyl/N-ethyl adjacent to an activating group) is 1. The third-order valence-corrected chi connectivity index (χ3v) is 3.69. The largest absolute Gasteiger partial charge is 0.341 e. The normalized spacial score (nSPS) is 18.6. The standard InChI is InChI=1S/C14H19N3O3/c1-16(13-6-3-7-15-10-13)14(18)9-11-4-2-5-12(8-11)17(19)20/h2,4-5,8,13,15H,3,6-7,9-10H2,1H3. The van der Waals surface area contributed by atoms with Gasteiger partial charge in [0.05, 0.1) is 11.3 Å². The number of piperidine rings is 1.